The molecule has 1 aliphatic rings. The van der Waals surface area contributed by atoms with Gasteiger partial charge in [-0.05, 0) is 25.3 Å². The highest BCUT2D eigenvalue weighted by molar-refractivity contribution is 7.13. The Morgan fingerprint density at radius 2 is 2.04 bits per heavy atom. The number of H-pyrrole nitrogens is 1. The van der Waals surface area contributed by atoms with Crippen molar-refractivity contribution >= 4 is 22.4 Å². The lowest BCUT2D eigenvalue weighted by molar-refractivity contribution is -0.132. The van der Waals surface area contributed by atoms with E-state index in [4.69, 9.17) is 4.98 Å². The Morgan fingerprint density at radius 1 is 1.29 bits per heavy atom. The minimum atomic E-state index is -0.147. The highest BCUT2D eigenvalue weighted by Gasteiger charge is 2.40. The zero-order chi connectivity index (χ0) is 19.6. The van der Waals surface area contributed by atoms with Gasteiger partial charge in [-0.15, -0.1) is 11.3 Å². The lowest BCUT2D eigenvalue weighted by atomic mass is 9.70. The number of aromatic nitrogens is 3. The summed E-state index contributed by atoms with van der Waals surface area (Å²) in [6.07, 6.45) is 3.74. The van der Waals surface area contributed by atoms with Crippen LogP contribution in [0.1, 0.15) is 35.5 Å². The van der Waals surface area contributed by atoms with Crippen LogP contribution in [0.2, 0.25) is 0 Å². The van der Waals surface area contributed by atoms with Gasteiger partial charge in [-0.3, -0.25) is 4.79 Å². The molecule has 0 unspecified atom stereocenters. The van der Waals surface area contributed by atoms with Gasteiger partial charge in [-0.25, -0.2) is 9.97 Å². The summed E-state index contributed by atoms with van der Waals surface area (Å²) in [6, 6.07) is 10.6. The number of aromatic amines is 1. The van der Waals surface area contributed by atoms with Gasteiger partial charge >= 0.3 is 0 Å². The predicted molar refractivity (Wildman–Crippen MR) is 112 cm³/mol. The summed E-state index contributed by atoms with van der Waals surface area (Å²) in [5.41, 5.74) is 4.03. The van der Waals surface area contributed by atoms with Crippen LogP contribution in [0.15, 0.2) is 42.0 Å². The molecule has 7 heteroatoms. The molecule has 6 nitrogen and oxygen atoms in total. The molecule has 1 aromatic carbocycles. The number of imidazole rings is 1. The van der Waals surface area contributed by atoms with Crippen molar-refractivity contribution in [2.45, 2.75) is 31.6 Å². The maximum absolute atomic E-state index is 12.8. The second-order valence-electron chi connectivity index (χ2n) is 7.27. The van der Waals surface area contributed by atoms with E-state index in [0.29, 0.717) is 6.42 Å². The molecule has 2 N–H and O–H groups in total. The number of nitrogens with one attached hydrogen (secondary N) is 2. The zero-order valence-electron chi connectivity index (χ0n) is 16.2. The second-order valence-corrected chi connectivity index (χ2v) is 8.13. The molecule has 3 heterocycles. The van der Waals surface area contributed by atoms with Gasteiger partial charge in [0.25, 0.3) is 0 Å². The maximum atomic E-state index is 12.8. The number of hydrogen-bond donors (Lipinski definition) is 2. The van der Waals surface area contributed by atoms with Crippen LogP contribution in [-0.4, -0.2) is 45.9 Å². The highest BCUT2D eigenvalue weighted by atomic mass is 32.1. The summed E-state index contributed by atoms with van der Waals surface area (Å²) in [5.74, 6) is 0.144. The minimum absolute atomic E-state index is 0.144. The Balaban J connectivity index is 1.55. The number of benzene rings is 1. The van der Waals surface area contributed by atoms with E-state index < -0.39 is 0 Å². The smallest absolute Gasteiger partial charge is 0.228 e. The first-order valence-electron chi connectivity index (χ1n) is 9.58. The van der Waals surface area contributed by atoms with Gasteiger partial charge in [0, 0.05) is 36.6 Å². The van der Waals surface area contributed by atoms with Crippen LogP contribution in [-0.2, 0) is 16.6 Å². The molecule has 146 valence electrons. The molecule has 3 aromatic rings. The Labute approximate surface area is 169 Å². The summed E-state index contributed by atoms with van der Waals surface area (Å²) in [4.78, 5) is 26.9. The van der Waals surface area contributed by atoms with Gasteiger partial charge in [0.15, 0.2) is 5.13 Å². The van der Waals surface area contributed by atoms with Crippen LogP contribution >= 0.6 is 11.3 Å². The third-order valence-corrected chi connectivity index (χ3v) is 6.62. The number of hydrogen-bond acceptors (Lipinski definition) is 5. The van der Waals surface area contributed by atoms with E-state index in [9.17, 15) is 4.79 Å². The fraction of sp³-hybridized carbons (Fsp3) is 0.381. The van der Waals surface area contributed by atoms with Crippen molar-refractivity contribution in [3.05, 3.63) is 64.7 Å². The highest BCUT2D eigenvalue weighted by Crippen LogP contribution is 2.42. The minimum Gasteiger partial charge on any atom is -0.365 e. The normalized spacial score (nSPS) is 16.1. The van der Waals surface area contributed by atoms with E-state index in [1.165, 1.54) is 5.56 Å². The summed E-state index contributed by atoms with van der Waals surface area (Å²) in [7, 11) is 1.90. The first-order valence-corrected chi connectivity index (χ1v) is 10.5. The van der Waals surface area contributed by atoms with Crippen LogP contribution in [0.25, 0.3) is 0 Å². The van der Waals surface area contributed by atoms with Gasteiger partial charge in [0.2, 0.25) is 5.91 Å². The maximum Gasteiger partial charge on any atom is 0.228 e. The number of thiazole rings is 1. The Kier molecular flexibility index (Phi) is 5.17. The van der Waals surface area contributed by atoms with Gasteiger partial charge in [0.1, 0.15) is 0 Å². The predicted octanol–water partition coefficient (Wildman–Crippen LogP) is 3.37. The van der Waals surface area contributed by atoms with Gasteiger partial charge in [-0.2, -0.15) is 0 Å². The van der Waals surface area contributed by atoms with E-state index in [1.54, 1.807) is 17.7 Å². The van der Waals surface area contributed by atoms with Crippen LogP contribution in [0.4, 0.5) is 5.13 Å². The SMILES string of the molecule is CNc1nc(C2(c3ccccc3)CCN(C(=O)Cc3nc[nH]c3C)CC2)cs1. The average Bonchev–Trinajstić information content (AvgIpc) is 3.38. The molecule has 0 bridgehead atoms. The number of nitrogens with zero attached hydrogens (tertiary/aromatic N) is 3. The van der Waals surface area contributed by atoms with Crippen molar-refractivity contribution in [3.63, 3.8) is 0 Å². The van der Waals surface area contributed by atoms with Crippen LogP contribution in [0, 0.1) is 6.92 Å². The lowest BCUT2D eigenvalue weighted by Gasteiger charge is -2.41. The van der Waals surface area contributed by atoms with Crippen molar-refractivity contribution < 1.29 is 4.79 Å². The van der Waals surface area contributed by atoms with Crippen molar-refractivity contribution in [1.29, 1.82) is 0 Å². The number of aryl methyl sites for hydroxylation is 1. The standard InChI is InChI=1S/C21H25N5OS/c1-15-17(24-14-23-15)12-19(27)26-10-8-21(9-11-26,16-6-4-3-5-7-16)18-13-28-20(22-2)25-18/h3-7,13-14H,8-12H2,1-2H3,(H,22,25)(H,23,24). The second kappa shape index (κ2) is 7.75. The quantitative estimate of drug-likeness (QED) is 0.695. The topological polar surface area (TPSA) is 73.9 Å². The molecular weight excluding hydrogens is 370 g/mol. The van der Waals surface area contributed by atoms with Gasteiger partial charge < -0.3 is 15.2 Å². The molecule has 0 spiro atoms. The number of anilines is 1. The lowest BCUT2D eigenvalue weighted by Crippen LogP contribution is -2.46. The van der Waals surface area contributed by atoms with Crippen LogP contribution < -0.4 is 5.32 Å². The fourth-order valence-corrected chi connectivity index (χ4v) is 4.79. The van der Waals surface area contributed by atoms with Crippen molar-refractivity contribution in [3.8, 4) is 0 Å². The van der Waals surface area contributed by atoms with E-state index >= 15 is 0 Å². The Bertz CT molecular complexity index is 941. The van der Waals surface area contributed by atoms with Gasteiger partial charge in [-0.1, -0.05) is 30.3 Å². The summed E-state index contributed by atoms with van der Waals surface area (Å²) >= 11 is 1.63. The number of carbonyl (C=O) groups excluding carboxylic acids is 1. The van der Waals surface area contributed by atoms with E-state index in [0.717, 1.165) is 48.1 Å². The molecule has 0 radical (unpaired) electrons. The van der Waals surface area contributed by atoms with Crippen LogP contribution in [0.5, 0.6) is 0 Å². The van der Waals surface area contributed by atoms with Crippen molar-refractivity contribution in [2.75, 3.05) is 25.5 Å². The molecule has 1 aliphatic heterocycles. The molecular formula is C21H25N5OS. The number of piperidine rings is 1. The first kappa shape index (κ1) is 18.7. The molecule has 1 amide bonds. The third-order valence-electron chi connectivity index (χ3n) is 5.76. The largest absolute Gasteiger partial charge is 0.365 e. The zero-order valence-corrected chi connectivity index (χ0v) is 17.1. The molecule has 28 heavy (non-hydrogen) atoms. The summed E-state index contributed by atoms with van der Waals surface area (Å²) in [5, 5.41) is 6.23. The molecule has 4 rings (SSSR count). The summed E-state index contributed by atoms with van der Waals surface area (Å²) < 4.78 is 0. The van der Waals surface area contributed by atoms with Crippen molar-refractivity contribution in [2.24, 2.45) is 0 Å². The fourth-order valence-electron chi connectivity index (χ4n) is 4.02. The average molecular weight is 396 g/mol. The van der Waals surface area contributed by atoms with Crippen LogP contribution in [0.3, 0.4) is 0 Å². The van der Waals surface area contributed by atoms with E-state index in [-0.39, 0.29) is 11.3 Å². The first-order chi connectivity index (χ1) is 13.6. The molecule has 1 fully saturated rings. The Morgan fingerprint density at radius 3 is 2.64 bits per heavy atom. The third kappa shape index (κ3) is 3.42. The number of carbonyl (C=O) groups is 1. The number of likely N-dealkylation sites (tertiary alicyclic amines) is 1. The molecule has 0 atom stereocenters. The summed E-state index contributed by atoms with van der Waals surface area (Å²) in [6.45, 7) is 3.40. The number of rotatable bonds is 5. The van der Waals surface area contributed by atoms with E-state index in [1.807, 2.05) is 24.9 Å². The van der Waals surface area contributed by atoms with Gasteiger partial charge in [0.05, 0.1) is 24.1 Å². The number of amides is 1. The van der Waals surface area contributed by atoms with E-state index in [2.05, 4.69) is 44.9 Å². The molecule has 1 saturated heterocycles. The molecule has 0 aliphatic carbocycles. The van der Waals surface area contributed by atoms with Crippen molar-refractivity contribution in [1.82, 2.24) is 19.9 Å². The Hall–Kier alpha value is -2.67. The molecule has 2 aromatic heterocycles. The monoisotopic (exact) mass is 395 g/mol. The molecule has 0 saturated carbocycles.